The van der Waals surface area contributed by atoms with E-state index < -0.39 is 0 Å². The molecule has 0 saturated carbocycles. The van der Waals surface area contributed by atoms with E-state index in [4.69, 9.17) is 9.73 Å². The number of aromatic nitrogens is 1. The molecule has 0 atom stereocenters. The highest BCUT2D eigenvalue weighted by Crippen LogP contribution is 2.26. The minimum Gasteiger partial charge on any atom is -0.494 e. The Labute approximate surface area is 138 Å². The van der Waals surface area contributed by atoms with Gasteiger partial charge in [0.25, 0.3) is 0 Å². The number of rotatable bonds is 5. The van der Waals surface area contributed by atoms with Gasteiger partial charge in [-0.05, 0) is 51.0 Å². The molecule has 3 heteroatoms. The normalized spacial score (nSPS) is 17.4. The number of ether oxygens (including phenoxy) is 1. The van der Waals surface area contributed by atoms with Crippen LogP contribution >= 0.6 is 0 Å². The lowest BCUT2D eigenvalue weighted by Gasteiger charge is -2.01. The van der Waals surface area contributed by atoms with Crippen molar-refractivity contribution in [2.45, 2.75) is 27.7 Å². The van der Waals surface area contributed by atoms with E-state index in [1.807, 2.05) is 44.2 Å². The van der Waals surface area contributed by atoms with Crippen molar-refractivity contribution in [3.8, 4) is 0 Å². The summed E-state index contributed by atoms with van der Waals surface area (Å²) in [7, 11) is 1.68. The van der Waals surface area contributed by atoms with Gasteiger partial charge in [0.1, 0.15) is 11.5 Å². The maximum atomic E-state index is 5.49. The van der Waals surface area contributed by atoms with Gasteiger partial charge in [-0.3, -0.25) is 0 Å². The van der Waals surface area contributed by atoms with Crippen molar-refractivity contribution in [3.63, 3.8) is 0 Å². The van der Waals surface area contributed by atoms with Crippen molar-refractivity contribution < 1.29 is 4.74 Å². The maximum Gasteiger partial charge on any atom is 0.146 e. The zero-order chi connectivity index (χ0) is 16.8. The number of allylic oxidation sites excluding steroid dienone is 7. The monoisotopic (exact) mass is 308 g/mol. The molecule has 1 aliphatic rings. The summed E-state index contributed by atoms with van der Waals surface area (Å²) in [5.41, 5.74) is 6.23. The largest absolute Gasteiger partial charge is 0.494 e. The van der Waals surface area contributed by atoms with Gasteiger partial charge in [-0.15, -0.1) is 0 Å². The molecular formula is C20H24N2O. The van der Waals surface area contributed by atoms with Crippen LogP contribution in [0.25, 0.3) is 6.08 Å². The second kappa shape index (κ2) is 7.63. The molecule has 0 spiro atoms. The SMILES string of the molecule is C/C=C/C=C\C(=C/C)C1=N/C(=C\c2[nH]c(C)cc2C)C(OC)=C1. The highest BCUT2D eigenvalue weighted by molar-refractivity contribution is 6.13. The predicted molar refractivity (Wildman–Crippen MR) is 98.5 cm³/mol. The minimum absolute atomic E-state index is 0.783. The van der Waals surface area contributed by atoms with E-state index in [0.717, 1.165) is 34.1 Å². The molecule has 1 aromatic rings. The molecule has 2 heterocycles. The van der Waals surface area contributed by atoms with Crippen LogP contribution in [0.1, 0.15) is 30.8 Å². The van der Waals surface area contributed by atoms with Crippen LogP contribution in [0.3, 0.4) is 0 Å². The van der Waals surface area contributed by atoms with E-state index in [2.05, 4.69) is 37.0 Å². The van der Waals surface area contributed by atoms with Gasteiger partial charge in [-0.25, -0.2) is 4.99 Å². The summed E-state index contributed by atoms with van der Waals surface area (Å²) in [6.07, 6.45) is 14.1. The van der Waals surface area contributed by atoms with Crippen molar-refractivity contribution in [2.24, 2.45) is 4.99 Å². The van der Waals surface area contributed by atoms with E-state index in [1.165, 1.54) is 5.56 Å². The zero-order valence-corrected chi connectivity index (χ0v) is 14.5. The van der Waals surface area contributed by atoms with Crippen LogP contribution < -0.4 is 0 Å². The highest BCUT2D eigenvalue weighted by Gasteiger charge is 2.17. The van der Waals surface area contributed by atoms with Gasteiger partial charge in [0, 0.05) is 17.5 Å². The Hall–Kier alpha value is -2.55. The van der Waals surface area contributed by atoms with Gasteiger partial charge >= 0.3 is 0 Å². The van der Waals surface area contributed by atoms with Crippen molar-refractivity contribution in [1.29, 1.82) is 0 Å². The minimum atomic E-state index is 0.783. The molecule has 0 radical (unpaired) electrons. The zero-order valence-electron chi connectivity index (χ0n) is 14.5. The Kier molecular flexibility index (Phi) is 5.58. The number of aliphatic imine (C=N–C) groups is 1. The molecule has 0 aliphatic carbocycles. The van der Waals surface area contributed by atoms with Gasteiger partial charge < -0.3 is 9.72 Å². The highest BCUT2D eigenvalue weighted by atomic mass is 16.5. The van der Waals surface area contributed by atoms with Gasteiger partial charge in [-0.2, -0.15) is 0 Å². The average Bonchev–Trinajstić information content (AvgIpc) is 3.07. The number of H-pyrrole nitrogens is 1. The average molecular weight is 308 g/mol. The number of hydrogen-bond acceptors (Lipinski definition) is 2. The van der Waals surface area contributed by atoms with Crippen molar-refractivity contribution in [3.05, 3.63) is 76.5 Å². The van der Waals surface area contributed by atoms with Crippen molar-refractivity contribution in [2.75, 3.05) is 7.11 Å². The van der Waals surface area contributed by atoms with E-state index in [9.17, 15) is 0 Å². The molecule has 23 heavy (non-hydrogen) atoms. The number of aryl methyl sites for hydroxylation is 2. The molecule has 1 aromatic heterocycles. The van der Waals surface area contributed by atoms with Crippen molar-refractivity contribution in [1.82, 2.24) is 4.98 Å². The first-order valence-corrected chi connectivity index (χ1v) is 7.77. The summed E-state index contributed by atoms with van der Waals surface area (Å²) in [5.74, 6) is 0.783. The Morgan fingerprint density at radius 2 is 2.00 bits per heavy atom. The summed E-state index contributed by atoms with van der Waals surface area (Å²) in [6, 6.07) is 2.12. The molecular weight excluding hydrogens is 284 g/mol. The van der Waals surface area contributed by atoms with Gasteiger partial charge in [0.15, 0.2) is 0 Å². The second-order valence-corrected chi connectivity index (χ2v) is 5.42. The Morgan fingerprint density at radius 3 is 2.57 bits per heavy atom. The molecule has 1 aliphatic heterocycles. The van der Waals surface area contributed by atoms with Crippen molar-refractivity contribution >= 4 is 11.8 Å². The quantitative estimate of drug-likeness (QED) is 0.761. The summed E-state index contributed by atoms with van der Waals surface area (Å²) in [4.78, 5) is 8.08. The predicted octanol–water partition coefficient (Wildman–Crippen LogP) is 5.04. The fourth-order valence-electron chi connectivity index (χ4n) is 2.47. The molecule has 0 amide bonds. The van der Waals surface area contributed by atoms with E-state index in [-0.39, 0.29) is 0 Å². The lowest BCUT2D eigenvalue weighted by Crippen LogP contribution is -1.93. The number of nitrogens with one attached hydrogen (secondary N) is 1. The first-order chi connectivity index (χ1) is 11.1. The molecule has 120 valence electrons. The Balaban J connectivity index is 2.37. The number of aromatic amines is 1. The van der Waals surface area contributed by atoms with Crippen LogP contribution in [0.5, 0.6) is 0 Å². The molecule has 0 fully saturated rings. The Bertz CT molecular complexity index is 753. The maximum absolute atomic E-state index is 5.49. The summed E-state index contributed by atoms with van der Waals surface area (Å²) in [6.45, 7) is 8.15. The fourth-order valence-corrected chi connectivity index (χ4v) is 2.47. The number of hydrogen-bond donors (Lipinski definition) is 1. The van der Waals surface area contributed by atoms with Crippen LogP contribution in [-0.2, 0) is 4.74 Å². The third kappa shape index (κ3) is 4.01. The summed E-state index contributed by atoms with van der Waals surface area (Å²) >= 11 is 0. The first kappa shape index (κ1) is 16.8. The third-order valence-corrected chi connectivity index (χ3v) is 3.64. The van der Waals surface area contributed by atoms with Crippen LogP contribution in [0.2, 0.25) is 0 Å². The first-order valence-electron chi connectivity index (χ1n) is 7.77. The van der Waals surface area contributed by atoms with Gasteiger partial charge in [0.05, 0.1) is 12.8 Å². The molecule has 2 rings (SSSR count). The lowest BCUT2D eigenvalue weighted by atomic mass is 10.1. The van der Waals surface area contributed by atoms with Crippen LogP contribution in [0, 0.1) is 13.8 Å². The Morgan fingerprint density at radius 1 is 1.22 bits per heavy atom. The lowest BCUT2D eigenvalue weighted by molar-refractivity contribution is 0.303. The van der Waals surface area contributed by atoms with E-state index >= 15 is 0 Å². The van der Waals surface area contributed by atoms with E-state index in [0.29, 0.717) is 0 Å². The molecule has 0 saturated heterocycles. The number of nitrogens with zero attached hydrogens (tertiary/aromatic N) is 1. The molecule has 0 aromatic carbocycles. The molecule has 0 unspecified atom stereocenters. The number of methoxy groups -OCH3 is 1. The summed E-state index contributed by atoms with van der Waals surface area (Å²) < 4.78 is 5.49. The molecule has 3 nitrogen and oxygen atoms in total. The van der Waals surface area contributed by atoms with Gasteiger partial charge in [0.2, 0.25) is 0 Å². The smallest absolute Gasteiger partial charge is 0.146 e. The third-order valence-electron chi connectivity index (χ3n) is 3.64. The second-order valence-electron chi connectivity index (χ2n) is 5.42. The van der Waals surface area contributed by atoms with Crippen LogP contribution in [0.15, 0.2) is 64.5 Å². The fraction of sp³-hybridized carbons (Fsp3) is 0.250. The van der Waals surface area contributed by atoms with E-state index in [1.54, 1.807) is 7.11 Å². The van der Waals surface area contributed by atoms with Crippen LogP contribution in [-0.4, -0.2) is 17.8 Å². The molecule has 1 N–H and O–H groups in total. The van der Waals surface area contributed by atoms with Gasteiger partial charge in [-0.1, -0.05) is 30.4 Å². The standard InChI is InChI=1S/C20H24N2O/c1-6-8-9-10-16(7-2)18-13-20(23-5)19(22-18)12-17-14(3)11-15(4)21-17/h6-13,21H,1-5H3/b8-6+,10-9-,16-7+,19-12-. The summed E-state index contributed by atoms with van der Waals surface area (Å²) in [5, 5.41) is 0. The molecule has 0 bridgehead atoms. The topological polar surface area (TPSA) is 37.4 Å². The van der Waals surface area contributed by atoms with Crippen LogP contribution in [0.4, 0.5) is 0 Å².